The van der Waals surface area contributed by atoms with E-state index in [9.17, 15) is 14.9 Å². The standard InChI is InChI=1S/C18H15N3O4S/c1-2-25-14-8-9-15-16(11-14)26-18(19-15)20-17(22)10-5-12-3-6-13(7-4-12)21(23)24/h3-11H,2H2,1H3,(H,19,20,22). The van der Waals surface area contributed by atoms with Crippen molar-refractivity contribution in [2.45, 2.75) is 6.92 Å². The molecule has 0 spiro atoms. The van der Waals surface area contributed by atoms with Gasteiger partial charge in [0.05, 0.1) is 21.7 Å². The molecular weight excluding hydrogens is 354 g/mol. The molecule has 0 saturated heterocycles. The fraction of sp³-hybridized carbons (Fsp3) is 0.111. The second kappa shape index (κ2) is 7.75. The van der Waals surface area contributed by atoms with Crippen LogP contribution >= 0.6 is 11.3 Å². The van der Waals surface area contributed by atoms with Gasteiger partial charge in [-0.1, -0.05) is 11.3 Å². The molecule has 1 aromatic heterocycles. The molecule has 0 saturated carbocycles. The number of nitrogens with one attached hydrogen (secondary N) is 1. The molecule has 132 valence electrons. The number of nitrogens with zero attached hydrogens (tertiary/aromatic N) is 2. The van der Waals surface area contributed by atoms with Crippen LogP contribution in [0.15, 0.2) is 48.5 Å². The number of ether oxygens (including phenoxy) is 1. The van der Waals surface area contributed by atoms with E-state index < -0.39 is 4.92 Å². The van der Waals surface area contributed by atoms with Gasteiger partial charge in [-0.2, -0.15) is 0 Å². The molecule has 0 radical (unpaired) electrons. The van der Waals surface area contributed by atoms with E-state index in [2.05, 4.69) is 10.3 Å². The van der Waals surface area contributed by atoms with E-state index in [0.717, 1.165) is 16.0 Å². The van der Waals surface area contributed by atoms with Gasteiger partial charge in [-0.3, -0.25) is 20.2 Å². The third kappa shape index (κ3) is 4.22. The first-order chi connectivity index (χ1) is 12.5. The molecule has 7 nitrogen and oxygen atoms in total. The maximum Gasteiger partial charge on any atom is 0.269 e. The van der Waals surface area contributed by atoms with Crippen LogP contribution in [0.2, 0.25) is 0 Å². The lowest BCUT2D eigenvalue weighted by molar-refractivity contribution is -0.384. The lowest BCUT2D eigenvalue weighted by atomic mass is 10.2. The van der Waals surface area contributed by atoms with E-state index in [1.54, 1.807) is 18.2 Å². The number of aromatic nitrogens is 1. The second-order valence-electron chi connectivity index (χ2n) is 5.25. The molecule has 0 aliphatic rings. The number of nitro benzene ring substituents is 1. The fourth-order valence-corrected chi connectivity index (χ4v) is 3.14. The molecule has 1 N–H and O–H groups in total. The smallest absolute Gasteiger partial charge is 0.269 e. The van der Waals surface area contributed by atoms with Crippen molar-refractivity contribution in [1.29, 1.82) is 0 Å². The summed E-state index contributed by atoms with van der Waals surface area (Å²) in [7, 11) is 0. The summed E-state index contributed by atoms with van der Waals surface area (Å²) in [5.74, 6) is 0.437. The maximum absolute atomic E-state index is 12.0. The third-order valence-corrected chi connectivity index (χ3v) is 4.37. The summed E-state index contributed by atoms with van der Waals surface area (Å²) < 4.78 is 6.38. The number of carbonyl (C=O) groups is 1. The highest BCUT2D eigenvalue weighted by atomic mass is 32.1. The molecule has 8 heteroatoms. The highest BCUT2D eigenvalue weighted by molar-refractivity contribution is 7.22. The number of anilines is 1. The van der Waals surface area contributed by atoms with E-state index >= 15 is 0 Å². The number of thiazole rings is 1. The van der Waals surface area contributed by atoms with E-state index in [1.807, 2.05) is 25.1 Å². The number of rotatable bonds is 6. The van der Waals surface area contributed by atoms with Crippen LogP contribution in [0.1, 0.15) is 12.5 Å². The zero-order valence-corrected chi connectivity index (χ0v) is 14.7. The molecule has 1 amide bonds. The Morgan fingerprint density at radius 1 is 1.31 bits per heavy atom. The van der Waals surface area contributed by atoms with E-state index in [-0.39, 0.29) is 11.6 Å². The molecule has 2 aromatic carbocycles. The number of nitro groups is 1. The molecule has 0 aliphatic heterocycles. The van der Waals surface area contributed by atoms with Crippen LogP contribution < -0.4 is 10.1 Å². The zero-order chi connectivity index (χ0) is 18.5. The molecule has 0 fully saturated rings. The highest BCUT2D eigenvalue weighted by Gasteiger charge is 2.07. The van der Waals surface area contributed by atoms with Gasteiger partial charge in [0.15, 0.2) is 5.13 Å². The number of fused-ring (bicyclic) bond motifs is 1. The fourth-order valence-electron chi connectivity index (χ4n) is 2.24. The van der Waals surface area contributed by atoms with Crippen LogP contribution in [0.5, 0.6) is 5.75 Å². The predicted molar refractivity (Wildman–Crippen MR) is 102 cm³/mol. The number of amides is 1. The average molecular weight is 369 g/mol. The first-order valence-electron chi connectivity index (χ1n) is 7.82. The maximum atomic E-state index is 12.0. The van der Waals surface area contributed by atoms with Crippen LogP contribution in [0.25, 0.3) is 16.3 Å². The summed E-state index contributed by atoms with van der Waals surface area (Å²) >= 11 is 1.36. The Balaban J connectivity index is 1.67. The number of non-ortho nitro benzene ring substituents is 1. The summed E-state index contributed by atoms with van der Waals surface area (Å²) in [5.41, 5.74) is 1.48. The van der Waals surface area contributed by atoms with Crippen LogP contribution in [0, 0.1) is 10.1 Å². The zero-order valence-electron chi connectivity index (χ0n) is 13.8. The molecule has 0 aliphatic carbocycles. The second-order valence-corrected chi connectivity index (χ2v) is 6.28. The topological polar surface area (TPSA) is 94.4 Å². The van der Waals surface area contributed by atoms with Crippen molar-refractivity contribution in [3.8, 4) is 5.75 Å². The van der Waals surface area contributed by atoms with Crippen molar-refractivity contribution >= 4 is 44.4 Å². The average Bonchev–Trinajstić information content (AvgIpc) is 3.02. The van der Waals surface area contributed by atoms with Gasteiger partial charge in [0.25, 0.3) is 5.69 Å². The number of carbonyl (C=O) groups excluding carboxylic acids is 1. The minimum absolute atomic E-state index is 0.00694. The molecule has 0 atom stereocenters. The number of benzene rings is 2. The first kappa shape index (κ1) is 17.6. The van der Waals surface area contributed by atoms with Crippen molar-refractivity contribution in [3.05, 3.63) is 64.2 Å². The summed E-state index contributed by atoms with van der Waals surface area (Å²) in [6.07, 6.45) is 2.94. The van der Waals surface area contributed by atoms with Gasteiger partial charge < -0.3 is 4.74 Å². The SMILES string of the molecule is CCOc1ccc2nc(NC(=O)C=Cc3ccc([N+](=O)[O-])cc3)sc2c1. The highest BCUT2D eigenvalue weighted by Crippen LogP contribution is 2.29. The minimum Gasteiger partial charge on any atom is -0.494 e. The summed E-state index contributed by atoms with van der Waals surface area (Å²) in [6.45, 7) is 2.50. The van der Waals surface area contributed by atoms with Crippen molar-refractivity contribution in [1.82, 2.24) is 4.98 Å². The van der Waals surface area contributed by atoms with Gasteiger partial charge in [-0.05, 0) is 48.9 Å². The first-order valence-corrected chi connectivity index (χ1v) is 8.63. The number of hydrogen-bond acceptors (Lipinski definition) is 6. The van der Waals surface area contributed by atoms with Gasteiger partial charge in [-0.25, -0.2) is 4.98 Å². The van der Waals surface area contributed by atoms with E-state index in [0.29, 0.717) is 17.3 Å². The van der Waals surface area contributed by atoms with Gasteiger partial charge in [0.1, 0.15) is 5.75 Å². The molecule has 0 bridgehead atoms. The quantitative estimate of drug-likeness (QED) is 0.398. The Bertz CT molecular complexity index is 980. The molecular formula is C18H15N3O4S. The molecule has 0 unspecified atom stereocenters. The summed E-state index contributed by atoms with van der Waals surface area (Å²) in [5, 5.41) is 13.8. The van der Waals surface area contributed by atoms with E-state index in [1.165, 1.54) is 29.5 Å². The van der Waals surface area contributed by atoms with Crippen molar-refractivity contribution in [3.63, 3.8) is 0 Å². The van der Waals surface area contributed by atoms with Crippen LogP contribution in [0.3, 0.4) is 0 Å². The third-order valence-electron chi connectivity index (χ3n) is 3.43. The molecule has 3 aromatic rings. The van der Waals surface area contributed by atoms with Gasteiger partial charge in [0.2, 0.25) is 5.91 Å². The predicted octanol–water partition coefficient (Wildman–Crippen LogP) is 4.26. The Morgan fingerprint density at radius 2 is 2.08 bits per heavy atom. The van der Waals surface area contributed by atoms with Crippen molar-refractivity contribution < 1.29 is 14.5 Å². The lowest BCUT2D eigenvalue weighted by Crippen LogP contribution is -2.07. The van der Waals surface area contributed by atoms with Crippen molar-refractivity contribution in [2.75, 3.05) is 11.9 Å². The van der Waals surface area contributed by atoms with Gasteiger partial charge in [0, 0.05) is 18.2 Å². The van der Waals surface area contributed by atoms with Crippen molar-refractivity contribution in [2.24, 2.45) is 0 Å². The lowest BCUT2D eigenvalue weighted by Gasteiger charge is -2.00. The largest absolute Gasteiger partial charge is 0.494 e. The van der Waals surface area contributed by atoms with Gasteiger partial charge in [-0.15, -0.1) is 0 Å². The van der Waals surface area contributed by atoms with E-state index in [4.69, 9.17) is 4.74 Å². The van der Waals surface area contributed by atoms with Crippen LogP contribution in [0.4, 0.5) is 10.8 Å². The molecule has 1 heterocycles. The number of hydrogen-bond donors (Lipinski definition) is 1. The Labute approximate surface area is 153 Å². The summed E-state index contributed by atoms with van der Waals surface area (Å²) in [6, 6.07) is 11.5. The molecule has 26 heavy (non-hydrogen) atoms. The Hall–Kier alpha value is -3.26. The van der Waals surface area contributed by atoms with Crippen LogP contribution in [-0.2, 0) is 4.79 Å². The van der Waals surface area contributed by atoms with Crippen LogP contribution in [-0.4, -0.2) is 22.4 Å². The Morgan fingerprint density at radius 3 is 2.77 bits per heavy atom. The molecule has 3 rings (SSSR count). The summed E-state index contributed by atoms with van der Waals surface area (Å²) in [4.78, 5) is 26.6. The minimum atomic E-state index is -0.468. The monoisotopic (exact) mass is 369 g/mol. The van der Waals surface area contributed by atoms with Gasteiger partial charge >= 0.3 is 0 Å². The Kier molecular flexibility index (Phi) is 5.23. The normalized spacial score (nSPS) is 11.0.